The van der Waals surface area contributed by atoms with E-state index in [-0.39, 0.29) is 16.8 Å². The zero-order valence-corrected chi connectivity index (χ0v) is 35.4. The second-order valence-corrected chi connectivity index (χ2v) is 16.4. The third kappa shape index (κ3) is 7.41. The topological polar surface area (TPSA) is 266 Å². The van der Waals surface area contributed by atoms with Crippen LogP contribution in [0.5, 0.6) is 0 Å². The Balaban J connectivity index is 1.80. The van der Waals surface area contributed by atoms with Crippen molar-refractivity contribution >= 4 is 47.8 Å². The molecule has 62 heavy (non-hydrogen) atoms. The van der Waals surface area contributed by atoms with Crippen LogP contribution in [-0.4, -0.2) is 129 Å². The molecule has 2 aliphatic heterocycles. The van der Waals surface area contributed by atoms with Gasteiger partial charge in [0, 0.05) is 59.1 Å². The van der Waals surface area contributed by atoms with E-state index in [0.717, 1.165) is 47.7 Å². The van der Waals surface area contributed by atoms with Crippen molar-refractivity contribution in [1.29, 1.82) is 0 Å². The van der Waals surface area contributed by atoms with Crippen LogP contribution in [0.3, 0.4) is 0 Å². The average molecular weight is 869 g/mol. The van der Waals surface area contributed by atoms with Gasteiger partial charge in [-0.1, -0.05) is 13.8 Å². The van der Waals surface area contributed by atoms with Crippen LogP contribution in [0.15, 0.2) is 42.9 Å². The predicted octanol–water partition coefficient (Wildman–Crippen LogP) is 1.72. The SMILES string of the molecule is CC(=O)OC[C@]12[C@@H](OC(C)=O)[C@@H](OC(C)=O)[C@@H]3OC(=O)[C@@H](C)[C@@H](C)c4ncccc4C(=O)OC[C@@]4(C)O[C@@]1([C@H](OC(C)=O)[C@H]4[C@H](OC(=O)c1cccnc1)[C@@H]2OC(C)=O)[C@@]3(C)O. The number of cyclic esters (lactones) is 1. The highest BCUT2D eigenvalue weighted by molar-refractivity contribution is 5.91. The average Bonchev–Trinajstić information content (AvgIpc) is 3.42. The molecule has 0 unspecified atom stereocenters. The highest BCUT2D eigenvalue weighted by atomic mass is 16.7. The van der Waals surface area contributed by atoms with Gasteiger partial charge >= 0.3 is 47.8 Å². The summed E-state index contributed by atoms with van der Waals surface area (Å²) in [5.74, 6) is -12.0. The molecule has 13 atom stereocenters. The van der Waals surface area contributed by atoms with Crippen molar-refractivity contribution in [3.63, 3.8) is 0 Å². The fourth-order valence-corrected chi connectivity index (χ4v) is 9.73. The molecule has 2 aromatic heterocycles. The summed E-state index contributed by atoms with van der Waals surface area (Å²) in [4.78, 5) is 118. The summed E-state index contributed by atoms with van der Waals surface area (Å²) in [7, 11) is 0. The maximum absolute atomic E-state index is 14.5. The first-order chi connectivity index (χ1) is 29.0. The summed E-state index contributed by atoms with van der Waals surface area (Å²) in [6.07, 6.45) is -8.37. The first-order valence-corrected chi connectivity index (χ1v) is 19.7. The predicted molar refractivity (Wildman–Crippen MR) is 203 cm³/mol. The highest BCUT2D eigenvalue weighted by Gasteiger charge is 2.92. The molecule has 4 heterocycles. The molecule has 3 fully saturated rings. The van der Waals surface area contributed by atoms with E-state index in [0.29, 0.717) is 0 Å². The van der Waals surface area contributed by atoms with Crippen molar-refractivity contribution in [2.45, 2.75) is 122 Å². The Labute approximate surface area is 355 Å². The number of rotatable bonds is 8. The molecule has 2 aromatic rings. The minimum atomic E-state index is -2.86. The Hall–Kier alpha value is -6.02. The Morgan fingerprint density at radius 3 is 1.95 bits per heavy atom. The summed E-state index contributed by atoms with van der Waals surface area (Å²) in [6, 6.07) is 5.67. The Kier molecular flexibility index (Phi) is 12.2. The molecule has 0 aromatic carbocycles. The van der Waals surface area contributed by atoms with Gasteiger partial charge in [0.25, 0.3) is 0 Å². The van der Waals surface area contributed by atoms with E-state index in [9.17, 15) is 43.5 Å². The van der Waals surface area contributed by atoms with E-state index in [1.807, 2.05) is 0 Å². The molecule has 334 valence electrons. The molecule has 2 saturated carbocycles. The molecule has 0 radical (unpaired) electrons. The number of hydrogen-bond acceptors (Lipinski definition) is 20. The van der Waals surface area contributed by atoms with Gasteiger partial charge in [0.05, 0.1) is 28.7 Å². The summed E-state index contributed by atoms with van der Waals surface area (Å²) in [5.41, 5.74) is -10.5. The van der Waals surface area contributed by atoms with Crippen LogP contribution in [0, 0.1) is 17.3 Å². The second-order valence-electron chi connectivity index (χ2n) is 16.4. The number of fused-ring (bicyclic) bond motifs is 5. The molecule has 6 rings (SSSR count). The maximum atomic E-state index is 14.5. The summed E-state index contributed by atoms with van der Waals surface area (Å²) in [6.45, 7) is 8.55. The number of hydrogen-bond donors (Lipinski definition) is 1. The molecule has 1 spiro atoms. The fraction of sp³-hybridized carbons (Fsp3) is 0.571. The minimum absolute atomic E-state index is 0.0579. The van der Waals surface area contributed by atoms with E-state index in [2.05, 4.69) is 9.97 Å². The normalized spacial score (nSPS) is 36.0. The van der Waals surface area contributed by atoms with Crippen LogP contribution in [0.25, 0.3) is 0 Å². The molecule has 4 aliphatic rings. The van der Waals surface area contributed by atoms with Gasteiger partial charge in [-0.05, 0) is 38.1 Å². The van der Waals surface area contributed by atoms with Crippen LogP contribution < -0.4 is 0 Å². The second kappa shape index (κ2) is 16.7. The van der Waals surface area contributed by atoms with Crippen molar-refractivity contribution in [3.05, 3.63) is 59.7 Å². The first-order valence-electron chi connectivity index (χ1n) is 19.7. The molecule has 0 amide bonds. The Morgan fingerprint density at radius 1 is 0.774 bits per heavy atom. The van der Waals surface area contributed by atoms with Gasteiger partial charge < -0.3 is 47.7 Å². The standard InChI is InChI=1S/C42H48N2O18/c1-19-20(2)36(50)61-33-31(56-22(4)46)35(59-25(7)49)41(18-54-21(3)45)34(58-24(6)48)30(60-37(51)26-12-10-14-43-16-26)28-32(57-23(5)47)42(41,40(33,9)53)62-39(28,8)17-55-38(52)27-13-11-15-44-29(19)27/h10-16,19-20,28,30-35,53H,17-18H2,1-9H3/t19-,20+,28-,30+,31+,32-,33+,34+,35+,39-,40+,41+,42+/m1/s1. The number of ether oxygens (including phenoxy) is 9. The largest absolute Gasteiger partial charge is 0.465 e. The minimum Gasteiger partial charge on any atom is -0.465 e. The molecule has 1 N–H and O–H groups in total. The molecule has 20 nitrogen and oxygen atoms in total. The Bertz CT molecular complexity index is 2160. The lowest BCUT2D eigenvalue weighted by Crippen LogP contribution is -2.89. The van der Waals surface area contributed by atoms with Crippen LogP contribution >= 0.6 is 0 Å². The number of carbonyl (C=O) groups is 8. The number of esters is 8. The number of pyridine rings is 2. The monoisotopic (exact) mass is 868 g/mol. The summed E-state index contributed by atoms with van der Waals surface area (Å²) >= 11 is 0. The zero-order valence-electron chi connectivity index (χ0n) is 35.4. The smallest absolute Gasteiger partial charge is 0.340 e. The van der Waals surface area contributed by atoms with Crippen LogP contribution in [0.4, 0.5) is 0 Å². The molecule has 1 saturated heterocycles. The molecular formula is C42H48N2O18. The molecule has 4 bridgehead atoms. The van der Waals surface area contributed by atoms with Gasteiger partial charge in [-0.25, -0.2) is 9.59 Å². The van der Waals surface area contributed by atoms with Crippen molar-refractivity contribution in [2.75, 3.05) is 13.2 Å². The van der Waals surface area contributed by atoms with Gasteiger partial charge in [0.15, 0.2) is 30.0 Å². The number of aliphatic hydroxyl groups is 1. The van der Waals surface area contributed by atoms with Gasteiger partial charge in [0.2, 0.25) is 0 Å². The lowest BCUT2D eigenvalue weighted by Gasteiger charge is -2.67. The van der Waals surface area contributed by atoms with Gasteiger partial charge in [-0.15, -0.1) is 0 Å². The van der Waals surface area contributed by atoms with E-state index >= 15 is 0 Å². The van der Waals surface area contributed by atoms with E-state index in [4.69, 9.17) is 42.6 Å². The van der Waals surface area contributed by atoms with Crippen LogP contribution in [0.2, 0.25) is 0 Å². The number of carbonyl (C=O) groups excluding carboxylic acids is 8. The van der Waals surface area contributed by atoms with Gasteiger partial charge in [-0.2, -0.15) is 0 Å². The van der Waals surface area contributed by atoms with E-state index < -0.39 is 138 Å². The quantitative estimate of drug-likeness (QED) is 0.292. The van der Waals surface area contributed by atoms with Crippen molar-refractivity contribution < 1.29 is 86.1 Å². The Morgan fingerprint density at radius 2 is 1.37 bits per heavy atom. The maximum Gasteiger partial charge on any atom is 0.340 e. The van der Waals surface area contributed by atoms with Crippen molar-refractivity contribution in [3.8, 4) is 0 Å². The third-order valence-electron chi connectivity index (χ3n) is 12.3. The van der Waals surface area contributed by atoms with E-state index in [1.165, 1.54) is 50.5 Å². The number of aromatic nitrogens is 2. The van der Waals surface area contributed by atoms with Crippen LogP contribution in [0.1, 0.15) is 94.6 Å². The third-order valence-corrected chi connectivity index (χ3v) is 12.3. The number of nitrogens with zero attached hydrogens (tertiary/aromatic N) is 2. The molecular weight excluding hydrogens is 820 g/mol. The first kappa shape index (κ1) is 45.5. The van der Waals surface area contributed by atoms with Gasteiger partial charge in [-0.3, -0.25) is 38.7 Å². The van der Waals surface area contributed by atoms with Gasteiger partial charge in [0.1, 0.15) is 42.0 Å². The summed E-state index contributed by atoms with van der Waals surface area (Å²) < 4.78 is 55.3. The summed E-state index contributed by atoms with van der Waals surface area (Å²) in [5, 5.41) is 13.6. The highest BCUT2D eigenvalue weighted by Crippen LogP contribution is 2.70. The van der Waals surface area contributed by atoms with Crippen molar-refractivity contribution in [1.82, 2.24) is 9.97 Å². The fourth-order valence-electron chi connectivity index (χ4n) is 9.73. The molecule has 20 heteroatoms. The van der Waals surface area contributed by atoms with E-state index in [1.54, 1.807) is 6.92 Å². The molecule has 2 aliphatic carbocycles. The lowest BCUT2D eigenvalue weighted by atomic mass is 9.45. The lowest BCUT2D eigenvalue weighted by molar-refractivity contribution is -0.386. The van der Waals surface area contributed by atoms with Crippen molar-refractivity contribution in [2.24, 2.45) is 17.3 Å². The van der Waals surface area contributed by atoms with Crippen LogP contribution in [-0.2, 0) is 71.4 Å². The zero-order chi connectivity index (χ0) is 45.7.